The smallest absolute Gasteiger partial charge is 0.0334 e. The molecule has 0 radical (unpaired) electrons. The van der Waals surface area contributed by atoms with Crippen LogP contribution in [0.15, 0.2) is 0 Å². The van der Waals surface area contributed by atoms with Crippen LogP contribution in [-0.4, -0.2) is 42.1 Å². The molecule has 0 heterocycles. The highest BCUT2D eigenvalue weighted by molar-refractivity contribution is 7.98. The van der Waals surface area contributed by atoms with Gasteiger partial charge in [-0.1, -0.05) is 26.7 Å². The van der Waals surface area contributed by atoms with E-state index in [1.807, 2.05) is 11.8 Å². The van der Waals surface area contributed by atoms with Gasteiger partial charge in [-0.2, -0.15) is 11.8 Å². The molecule has 0 aromatic rings. The molecule has 3 heteroatoms. The van der Waals surface area contributed by atoms with Crippen LogP contribution in [0.3, 0.4) is 0 Å². The number of rotatable bonds is 8. The van der Waals surface area contributed by atoms with Gasteiger partial charge in [-0.15, -0.1) is 0 Å². The highest BCUT2D eigenvalue weighted by Gasteiger charge is 2.40. The van der Waals surface area contributed by atoms with Crippen LogP contribution in [0.4, 0.5) is 0 Å². The summed E-state index contributed by atoms with van der Waals surface area (Å²) in [6.45, 7) is 7.90. The first-order valence-electron chi connectivity index (χ1n) is 8.37. The van der Waals surface area contributed by atoms with Crippen LogP contribution in [0.1, 0.15) is 59.3 Å². The van der Waals surface area contributed by atoms with Crippen LogP contribution >= 0.6 is 11.8 Å². The quantitative estimate of drug-likeness (QED) is 0.735. The van der Waals surface area contributed by atoms with Crippen molar-refractivity contribution >= 4 is 11.8 Å². The second-order valence-corrected chi connectivity index (χ2v) is 8.25. The van der Waals surface area contributed by atoms with Crippen LogP contribution in [0.25, 0.3) is 0 Å². The predicted octanol–water partition coefficient (Wildman–Crippen LogP) is 3.99. The fourth-order valence-electron chi connectivity index (χ4n) is 3.93. The Morgan fingerprint density at radius 1 is 1.35 bits per heavy atom. The normalized spacial score (nSPS) is 29.1. The van der Waals surface area contributed by atoms with Crippen molar-refractivity contribution < 1.29 is 0 Å². The molecule has 2 N–H and O–H groups in total. The second-order valence-electron chi connectivity index (χ2n) is 7.26. The molecule has 3 atom stereocenters. The van der Waals surface area contributed by atoms with Gasteiger partial charge in [0, 0.05) is 18.1 Å². The highest BCUT2D eigenvalue weighted by atomic mass is 32.2. The molecule has 120 valence electrons. The lowest BCUT2D eigenvalue weighted by Crippen LogP contribution is -2.57. The number of hydrogen-bond donors (Lipinski definition) is 1. The van der Waals surface area contributed by atoms with Crippen molar-refractivity contribution in [1.82, 2.24) is 4.90 Å². The Morgan fingerprint density at radius 2 is 2.05 bits per heavy atom. The minimum absolute atomic E-state index is 0.260. The molecule has 0 saturated heterocycles. The molecule has 0 amide bonds. The Kier molecular flexibility index (Phi) is 7.92. The van der Waals surface area contributed by atoms with Gasteiger partial charge < -0.3 is 5.73 Å². The van der Waals surface area contributed by atoms with Gasteiger partial charge in [0.2, 0.25) is 0 Å². The summed E-state index contributed by atoms with van der Waals surface area (Å²) < 4.78 is 0. The van der Waals surface area contributed by atoms with E-state index >= 15 is 0 Å². The van der Waals surface area contributed by atoms with E-state index in [9.17, 15) is 0 Å². The van der Waals surface area contributed by atoms with Crippen LogP contribution in [0, 0.1) is 11.8 Å². The van der Waals surface area contributed by atoms with E-state index < -0.39 is 0 Å². The van der Waals surface area contributed by atoms with Crippen molar-refractivity contribution in [1.29, 1.82) is 0 Å². The van der Waals surface area contributed by atoms with E-state index in [-0.39, 0.29) is 5.54 Å². The maximum Gasteiger partial charge on any atom is 0.0334 e. The third-order valence-corrected chi connectivity index (χ3v) is 5.90. The molecule has 1 saturated carbocycles. The molecule has 0 aromatic carbocycles. The largest absolute Gasteiger partial charge is 0.329 e. The number of hydrogen-bond acceptors (Lipinski definition) is 3. The molecule has 3 unspecified atom stereocenters. The van der Waals surface area contributed by atoms with Crippen molar-refractivity contribution in [2.45, 2.75) is 70.9 Å². The van der Waals surface area contributed by atoms with Crippen molar-refractivity contribution in [3.8, 4) is 0 Å². The van der Waals surface area contributed by atoms with Gasteiger partial charge in [0.05, 0.1) is 0 Å². The van der Waals surface area contributed by atoms with Gasteiger partial charge in [-0.05, 0) is 63.5 Å². The number of nitrogens with two attached hydrogens (primary N) is 1. The Bertz CT molecular complexity index is 270. The van der Waals surface area contributed by atoms with Crippen molar-refractivity contribution in [3.05, 3.63) is 0 Å². The van der Waals surface area contributed by atoms with Crippen molar-refractivity contribution in [2.75, 3.05) is 25.6 Å². The van der Waals surface area contributed by atoms with E-state index in [0.717, 1.165) is 18.4 Å². The molecule has 0 spiro atoms. The first-order chi connectivity index (χ1) is 9.45. The molecular formula is C17H36N2S. The van der Waals surface area contributed by atoms with E-state index in [1.54, 1.807) is 0 Å². The standard InChI is InChI=1S/C17H36N2S/c1-14(2)11-16-7-6-9-17(12-16,13-18)19(4)15(3)8-10-20-5/h14-16H,6-13,18H2,1-5H3. The van der Waals surface area contributed by atoms with E-state index in [0.29, 0.717) is 6.04 Å². The summed E-state index contributed by atoms with van der Waals surface area (Å²) in [5, 5.41) is 0. The lowest BCUT2D eigenvalue weighted by atomic mass is 9.72. The van der Waals surface area contributed by atoms with Gasteiger partial charge >= 0.3 is 0 Å². The lowest BCUT2D eigenvalue weighted by Gasteiger charge is -2.49. The fourth-order valence-corrected chi connectivity index (χ4v) is 4.51. The first-order valence-corrected chi connectivity index (χ1v) is 9.76. The minimum Gasteiger partial charge on any atom is -0.329 e. The summed E-state index contributed by atoms with van der Waals surface area (Å²) in [6, 6.07) is 0.642. The molecule has 1 aliphatic rings. The topological polar surface area (TPSA) is 29.3 Å². The SMILES string of the molecule is CSCCC(C)N(C)C1(CN)CCCC(CC(C)C)C1. The average Bonchev–Trinajstić information content (AvgIpc) is 2.43. The summed E-state index contributed by atoms with van der Waals surface area (Å²) in [5.74, 6) is 2.94. The second kappa shape index (κ2) is 8.65. The van der Waals surface area contributed by atoms with Crippen LogP contribution in [0.2, 0.25) is 0 Å². The molecule has 1 rings (SSSR count). The molecule has 0 bridgehead atoms. The summed E-state index contributed by atoms with van der Waals surface area (Å²) in [5.41, 5.74) is 6.51. The first kappa shape index (κ1) is 18.3. The molecule has 0 aliphatic heterocycles. The zero-order chi connectivity index (χ0) is 15.2. The summed E-state index contributed by atoms with van der Waals surface area (Å²) >= 11 is 1.95. The lowest BCUT2D eigenvalue weighted by molar-refractivity contribution is 0.0244. The zero-order valence-corrected chi connectivity index (χ0v) is 15.1. The van der Waals surface area contributed by atoms with Crippen molar-refractivity contribution in [3.63, 3.8) is 0 Å². The number of thioether (sulfide) groups is 1. The third-order valence-electron chi connectivity index (χ3n) is 5.26. The summed E-state index contributed by atoms with van der Waals surface area (Å²) in [7, 11) is 2.32. The fraction of sp³-hybridized carbons (Fsp3) is 1.00. The Hall–Kier alpha value is 0.270. The molecule has 2 nitrogen and oxygen atoms in total. The number of nitrogens with zero attached hydrogens (tertiary/aromatic N) is 1. The monoisotopic (exact) mass is 300 g/mol. The van der Waals surface area contributed by atoms with Crippen LogP contribution in [0.5, 0.6) is 0 Å². The van der Waals surface area contributed by atoms with Crippen LogP contribution in [-0.2, 0) is 0 Å². The maximum absolute atomic E-state index is 6.25. The predicted molar refractivity (Wildman–Crippen MR) is 93.4 cm³/mol. The van der Waals surface area contributed by atoms with E-state index in [4.69, 9.17) is 5.73 Å². The molecule has 20 heavy (non-hydrogen) atoms. The van der Waals surface area contributed by atoms with Gasteiger partial charge in [0.25, 0.3) is 0 Å². The molecular weight excluding hydrogens is 264 g/mol. The minimum atomic E-state index is 0.260. The molecule has 0 aromatic heterocycles. The number of likely N-dealkylation sites (N-methyl/N-ethyl adjacent to an activating group) is 1. The van der Waals surface area contributed by atoms with E-state index in [1.165, 1.54) is 44.3 Å². The summed E-state index contributed by atoms with van der Waals surface area (Å²) in [6.07, 6.45) is 10.2. The Morgan fingerprint density at radius 3 is 2.60 bits per heavy atom. The zero-order valence-electron chi connectivity index (χ0n) is 14.3. The Labute approximate surface area is 131 Å². The van der Waals surface area contributed by atoms with Gasteiger partial charge in [0.15, 0.2) is 0 Å². The molecule has 1 fully saturated rings. The average molecular weight is 301 g/mol. The van der Waals surface area contributed by atoms with E-state index in [2.05, 4.69) is 39.0 Å². The van der Waals surface area contributed by atoms with Gasteiger partial charge in [0.1, 0.15) is 0 Å². The molecule has 1 aliphatic carbocycles. The third kappa shape index (κ3) is 4.92. The van der Waals surface area contributed by atoms with Gasteiger partial charge in [-0.3, -0.25) is 4.90 Å². The Balaban J connectivity index is 2.69. The van der Waals surface area contributed by atoms with Crippen LogP contribution < -0.4 is 5.73 Å². The summed E-state index contributed by atoms with van der Waals surface area (Å²) in [4.78, 5) is 2.62. The maximum atomic E-state index is 6.25. The van der Waals surface area contributed by atoms with Crippen molar-refractivity contribution in [2.24, 2.45) is 17.6 Å². The highest BCUT2D eigenvalue weighted by Crippen LogP contribution is 2.39. The van der Waals surface area contributed by atoms with Gasteiger partial charge in [-0.25, -0.2) is 0 Å².